The maximum absolute atomic E-state index is 14.2. The average molecular weight is 497 g/mol. The van der Waals surface area contributed by atoms with Gasteiger partial charge >= 0.3 is 0 Å². The summed E-state index contributed by atoms with van der Waals surface area (Å²) >= 11 is 1.78. The molecule has 0 bridgehead atoms. The van der Waals surface area contributed by atoms with Crippen LogP contribution in [-0.2, 0) is 5.41 Å². The second kappa shape index (κ2) is 8.34. The van der Waals surface area contributed by atoms with E-state index in [9.17, 15) is 4.39 Å². The minimum Gasteiger partial charge on any atom is -0.235 e. The van der Waals surface area contributed by atoms with Gasteiger partial charge in [0.15, 0.2) is 0 Å². The van der Waals surface area contributed by atoms with Crippen LogP contribution in [-0.4, -0.2) is 9.97 Å². The van der Waals surface area contributed by atoms with Gasteiger partial charge in [-0.3, -0.25) is 0 Å². The van der Waals surface area contributed by atoms with Gasteiger partial charge in [-0.25, -0.2) is 14.4 Å². The van der Waals surface area contributed by atoms with Crippen LogP contribution in [0.3, 0.4) is 0 Å². The molecule has 1 aliphatic carbocycles. The molecule has 6 rings (SSSR count). The first-order chi connectivity index (χ1) is 17.1. The van der Waals surface area contributed by atoms with Gasteiger partial charge in [0.2, 0.25) is 0 Å². The average Bonchev–Trinajstić information content (AvgIpc) is 3.20. The van der Waals surface area contributed by atoms with Crippen LogP contribution in [0.1, 0.15) is 77.3 Å². The maximum atomic E-state index is 14.2. The SMILES string of the molecule is CC1(C)CCC(c2ccc3c(c2)sc2c(-c4cc(C(C)(C)C)c5ccc(F)cc5c4)ncnc23)CC1. The zero-order chi connectivity index (χ0) is 25.2. The summed E-state index contributed by atoms with van der Waals surface area (Å²) in [6.45, 7) is 11.4. The fourth-order valence-electron chi connectivity index (χ4n) is 5.88. The van der Waals surface area contributed by atoms with E-state index in [0.717, 1.165) is 32.2 Å². The molecule has 2 nitrogen and oxygen atoms in total. The number of hydrogen-bond donors (Lipinski definition) is 0. The van der Waals surface area contributed by atoms with Crippen LogP contribution in [0.4, 0.5) is 4.39 Å². The van der Waals surface area contributed by atoms with Crippen molar-refractivity contribution in [1.82, 2.24) is 9.97 Å². The number of rotatable bonds is 2. The minimum atomic E-state index is -0.215. The molecule has 0 unspecified atom stereocenters. The van der Waals surface area contributed by atoms with Crippen LogP contribution >= 0.6 is 11.3 Å². The third-order valence-corrected chi connectivity index (χ3v) is 9.23. The van der Waals surface area contributed by atoms with E-state index in [2.05, 4.69) is 65.0 Å². The number of hydrogen-bond acceptors (Lipinski definition) is 3. The summed E-state index contributed by atoms with van der Waals surface area (Å²) in [6, 6.07) is 16.4. The summed E-state index contributed by atoms with van der Waals surface area (Å²) in [5.41, 5.74) is 6.00. The predicted molar refractivity (Wildman–Crippen MR) is 152 cm³/mol. The highest BCUT2D eigenvalue weighted by Gasteiger charge is 2.28. The van der Waals surface area contributed by atoms with Gasteiger partial charge in [0.05, 0.1) is 15.9 Å². The van der Waals surface area contributed by atoms with Crippen molar-refractivity contribution in [2.24, 2.45) is 5.41 Å². The van der Waals surface area contributed by atoms with Gasteiger partial charge in [-0.1, -0.05) is 52.8 Å². The highest BCUT2D eigenvalue weighted by molar-refractivity contribution is 7.26. The summed E-state index contributed by atoms with van der Waals surface area (Å²) in [4.78, 5) is 9.46. The fraction of sp³-hybridized carbons (Fsp3) is 0.375. The van der Waals surface area contributed by atoms with Crippen molar-refractivity contribution in [1.29, 1.82) is 0 Å². The lowest BCUT2D eigenvalue weighted by Gasteiger charge is -2.34. The molecule has 0 aliphatic heterocycles. The Morgan fingerprint density at radius 3 is 2.42 bits per heavy atom. The first-order valence-corrected chi connectivity index (χ1v) is 13.8. The van der Waals surface area contributed by atoms with Gasteiger partial charge in [0, 0.05) is 15.6 Å². The molecular weight excluding hydrogens is 463 g/mol. The maximum Gasteiger partial charge on any atom is 0.123 e. The highest BCUT2D eigenvalue weighted by atomic mass is 32.1. The molecule has 1 fully saturated rings. The van der Waals surface area contributed by atoms with Crippen molar-refractivity contribution in [2.75, 3.05) is 0 Å². The van der Waals surface area contributed by atoms with Crippen LogP contribution in [0.15, 0.2) is 54.9 Å². The second-order valence-electron chi connectivity index (χ2n) is 12.3. The van der Waals surface area contributed by atoms with Crippen LogP contribution in [0.25, 0.3) is 42.3 Å². The molecule has 4 heteroatoms. The van der Waals surface area contributed by atoms with Gasteiger partial charge in [0.1, 0.15) is 12.1 Å². The van der Waals surface area contributed by atoms with Crippen molar-refractivity contribution in [2.45, 2.75) is 71.6 Å². The molecule has 0 spiro atoms. The van der Waals surface area contributed by atoms with Gasteiger partial charge in [0.25, 0.3) is 0 Å². The first-order valence-electron chi connectivity index (χ1n) is 13.0. The summed E-state index contributed by atoms with van der Waals surface area (Å²) in [6.07, 6.45) is 6.77. The molecule has 0 saturated heterocycles. The van der Waals surface area contributed by atoms with E-state index in [4.69, 9.17) is 9.97 Å². The number of halogens is 1. The summed E-state index contributed by atoms with van der Waals surface area (Å²) in [5.74, 6) is 0.427. The van der Waals surface area contributed by atoms with E-state index >= 15 is 0 Å². The number of benzene rings is 3. The zero-order valence-corrected chi connectivity index (χ0v) is 22.6. The van der Waals surface area contributed by atoms with Crippen LogP contribution in [0.5, 0.6) is 0 Å². The fourth-order valence-corrected chi connectivity index (χ4v) is 7.10. The Labute approximate surface area is 216 Å². The largest absolute Gasteiger partial charge is 0.235 e. The Morgan fingerprint density at radius 1 is 0.917 bits per heavy atom. The highest BCUT2D eigenvalue weighted by Crippen LogP contribution is 2.45. The second-order valence-corrected chi connectivity index (χ2v) is 13.4. The summed E-state index contributed by atoms with van der Waals surface area (Å²) in [7, 11) is 0. The van der Waals surface area contributed by atoms with E-state index in [0.29, 0.717) is 11.3 Å². The lowest BCUT2D eigenvalue weighted by Crippen LogP contribution is -2.20. The topological polar surface area (TPSA) is 25.8 Å². The Morgan fingerprint density at radius 2 is 1.67 bits per heavy atom. The molecule has 2 heterocycles. The molecule has 36 heavy (non-hydrogen) atoms. The molecule has 0 radical (unpaired) electrons. The van der Waals surface area contributed by atoms with E-state index in [1.807, 2.05) is 6.07 Å². The third-order valence-electron chi connectivity index (χ3n) is 8.08. The first kappa shape index (κ1) is 23.5. The van der Waals surface area contributed by atoms with Crippen LogP contribution in [0, 0.1) is 11.2 Å². The standard InChI is InChI=1S/C32H33FN2S/c1-31(2,3)26-16-22(14-21-15-23(33)7-9-24(21)26)28-30-29(35-18-34-28)25-8-6-20(17-27(25)36-30)19-10-12-32(4,5)13-11-19/h6-9,14-19H,10-13H2,1-5H3. The molecule has 0 N–H and O–H groups in total. The number of aromatic nitrogens is 2. The van der Waals surface area contributed by atoms with Gasteiger partial charge in [-0.2, -0.15) is 0 Å². The van der Waals surface area contributed by atoms with E-state index in [1.165, 1.54) is 46.9 Å². The monoisotopic (exact) mass is 496 g/mol. The van der Waals surface area contributed by atoms with E-state index < -0.39 is 0 Å². The van der Waals surface area contributed by atoms with Crippen molar-refractivity contribution >= 4 is 42.4 Å². The molecule has 2 aromatic heterocycles. The number of nitrogens with zero attached hydrogens (tertiary/aromatic N) is 2. The predicted octanol–water partition coefficient (Wildman–Crippen LogP) is 9.79. The van der Waals surface area contributed by atoms with Crippen molar-refractivity contribution in [3.63, 3.8) is 0 Å². The normalized spacial score (nSPS) is 16.8. The molecule has 0 atom stereocenters. The summed E-state index contributed by atoms with van der Waals surface area (Å²) in [5, 5.41) is 3.20. The van der Waals surface area contributed by atoms with Gasteiger partial charge < -0.3 is 0 Å². The molecular formula is C32H33FN2S. The Kier molecular flexibility index (Phi) is 5.46. The Bertz CT molecular complexity index is 1610. The molecule has 1 saturated carbocycles. The minimum absolute atomic E-state index is 0.0815. The lowest BCUT2D eigenvalue weighted by molar-refractivity contribution is 0.224. The molecule has 184 valence electrons. The molecule has 5 aromatic rings. The van der Waals surface area contributed by atoms with Crippen molar-refractivity contribution < 1.29 is 4.39 Å². The van der Waals surface area contributed by atoms with Crippen molar-refractivity contribution in [3.05, 3.63) is 71.8 Å². The molecule has 0 amide bonds. The van der Waals surface area contributed by atoms with E-state index in [1.54, 1.807) is 29.8 Å². The Balaban J connectivity index is 1.50. The quantitative estimate of drug-likeness (QED) is 0.243. The zero-order valence-electron chi connectivity index (χ0n) is 21.8. The summed E-state index contributed by atoms with van der Waals surface area (Å²) < 4.78 is 16.6. The lowest BCUT2D eigenvalue weighted by atomic mass is 9.71. The van der Waals surface area contributed by atoms with Crippen LogP contribution in [0.2, 0.25) is 0 Å². The van der Waals surface area contributed by atoms with Gasteiger partial charge in [-0.15, -0.1) is 11.3 Å². The number of fused-ring (bicyclic) bond motifs is 4. The molecule has 3 aromatic carbocycles. The van der Waals surface area contributed by atoms with Gasteiger partial charge in [-0.05, 0) is 94.7 Å². The number of thiophene rings is 1. The van der Waals surface area contributed by atoms with Crippen molar-refractivity contribution in [3.8, 4) is 11.3 Å². The van der Waals surface area contributed by atoms with E-state index in [-0.39, 0.29) is 11.2 Å². The van der Waals surface area contributed by atoms with Crippen LogP contribution < -0.4 is 0 Å². The molecule has 1 aliphatic rings. The smallest absolute Gasteiger partial charge is 0.123 e. The Hall–Kier alpha value is -2.85. The third kappa shape index (κ3) is 4.10.